The van der Waals surface area contributed by atoms with E-state index in [0.717, 1.165) is 28.7 Å². The number of aromatic hydroxyl groups is 1. The van der Waals surface area contributed by atoms with E-state index in [2.05, 4.69) is 6.58 Å². The third-order valence-electron chi connectivity index (χ3n) is 4.54. The fourth-order valence-electron chi connectivity index (χ4n) is 3.62. The topological polar surface area (TPSA) is 46.5 Å². The van der Waals surface area contributed by atoms with Crippen molar-refractivity contribution < 1.29 is 14.6 Å². The highest BCUT2D eigenvalue weighted by Crippen LogP contribution is 2.61. The molecule has 2 aliphatic rings. The molecule has 2 unspecified atom stereocenters. The average Bonchev–Trinajstić information content (AvgIpc) is 3.08. The summed E-state index contributed by atoms with van der Waals surface area (Å²) in [5.74, 6) is 0.0660. The van der Waals surface area contributed by atoms with Gasteiger partial charge in [-0.1, -0.05) is 35.9 Å². The normalized spacial score (nSPS) is 21.2. The van der Waals surface area contributed by atoms with E-state index >= 15 is 0 Å². The molecule has 4 rings (SSSR count). The van der Waals surface area contributed by atoms with Crippen molar-refractivity contribution in [3.8, 4) is 11.5 Å². The molecule has 1 N–H and O–H groups in total. The molecule has 2 aromatic rings. The molecule has 2 aromatic carbocycles. The van der Waals surface area contributed by atoms with E-state index in [0.29, 0.717) is 21.5 Å². The molecule has 3 nitrogen and oxygen atoms in total. The number of allylic oxidation sites excluding steroid dienone is 2. The molecular weight excluding hydrogens is 335 g/mol. The highest BCUT2D eigenvalue weighted by molar-refractivity contribution is 6.32. The van der Waals surface area contributed by atoms with Crippen LogP contribution in [0.1, 0.15) is 29.4 Å². The fourth-order valence-corrected chi connectivity index (χ4v) is 4.15. The first-order valence-electron chi connectivity index (χ1n) is 7.20. The molecule has 0 amide bonds. The number of carbonyl (C=O) groups is 1. The first-order valence-corrected chi connectivity index (χ1v) is 7.96. The van der Waals surface area contributed by atoms with Crippen molar-refractivity contribution in [1.82, 2.24) is 0 Å². The van der Waals surface area contributed by atoms with Crippen LogP contribution in [0.15, 0.2) is 42.0 Å². The Kier molecular flexibility index (Phi) is 3.19. The number of carbonyl (C=O) groups excluding carboxylic acids is 1. The zero-order chi connectivity index (χ0) is 16.3. The molecule has 2 atom stereocenters. The van der Waals surface area contributed by atoms with Crippen LogP contribution >= 0.6 is 23.2 Å². The molecule has 116 valence electrons. The number of hydrogen-bond donors (Lipinski definition) is 1. The standard InChI is InChI=1S/C18H12Cl2O3/c1-2-14(21)23-18-10-4-3-9(19)7-11(10)17(22)15-8-5-12(16(15)18)13(20)6-8/h2-4,6-8,12,22H,1,5H2. The third-order valence-corrected chi connectivity index (χ3v) is 5.17. The van der Waals surface area contributed by atoms with Gasteiger partial charge < -0.3 is 9.84 Å². The highest BCUT2D eigenvalue weighted by Gasteiger charge is 2.43. The van der Waals surface area contributed by atoms with Crippen molar-refractivity contribution in [2.45, 2.75) is 18.3 Å². The monoisotopic (exact) mass is 346 g/mol. The van der Waals surface area contributed by atoms with Gasteiger partial charge in [0, 0.05) is 49.9 Å². The molecule has 0 heterocycles. The van der Waals surface area contributed by atoms with Gasteiger partial charge >= 0.3 is 5.97 Å². The van der Waals surface area contributed by atoms with Crippen molar-refractivity contribution in [3.05, 3.63) is 58.1 Å². The predicted molar refractivity (Wildman–Crippen MR) is 90.5 cm³/mol. The molecule has 0 saturated heterocycles. The van der Waals surface area contributed by atoms with E-state index in [-0.39, 0.29) is 17.6 Å². The average molecular weight is 347 g/mol. The lowest BCUT2D eigenvalue weighted by molar-refractivity contribution is -0.128. The summed E-state index contributed by atoms with van der Waals surface area (Å²) in [6.07, 6.45) is 3.85. The van der Waals surface area contributed by atoms with Crippen LogP contribution in [0.5, 0.6) is 11.5 Å². The number of esters is 1. The molecule has 2 aliphatic carbocycles. The second kappa shape index (κ2) is 5.02. The van der Waals surface area contributed by atoms with Crippen LogP contribution < -0.4 is 4.74 Å². The number of fused-ring (bicyclic) bond motifs is 6. The molecule has 0 saturated carbocycles. The highest BCUT2D eigenvalue weighted by atomic mass is 35.5. The lowest BCUT2D eigenvalue weighted by atomic mass is 9.90. The fraction of sp³-hybridized carbons (Fsp3) is 0.167. The van der Waals surface area contributed by atoms with Gasteiger partial charge in [-0.25, -0.2) is 4.79 Å². The molecule has 2 bridgehead atoms. The smallest absolute Gasteiger partial charge is 0.335 e. The van der Waals surface area contributed by atoms with Crippen molar-refractivity contribution in [2.24, 2.45) is 0 Å². The van der Waals surface area contributed by atoms with Gasteiger partial charge in [-0.2, -0.15) is 0 Å². The largest absolute Gasteiger partial charge is 0.507 e. The Balaban J connectivity index is 2.08. The Morgan fingerprint density at radius 3 is 2.83 bits per heavy atom. The first kappa shape index (κ1) is 14.6. The van der Waals surface area contributed by atoms with Gasteiger partial charge in [0.2, 0.25) is 0 Å². The molecule has 0 aromatic heterocycles. The second-order valence-electron chi connectivity index (χ2n) is 5.77. The summed E-state index contributed by atoms with van der Waals surface area (Å²) in [7, 11) is 0. The van der Waals surface area contributed by atoms with Gasteiger partial charge in [-0.05, 0) is 24.6 Å². The van der Waals surface area contributed by atoms with Gasteiger partial charge in [0.15, 0.2) is 0 Å². The van der Waals surface area contributed by atoms with Gasteiger partial charge in [0.05, 0.1) is 0 Å². The van der Waals surface area contributed by atoms with E-state index in [9.17, 15) is 9.90 Å². The maximum Gasteiger partial charge on any atom is 0.335 e. The van der Waals surface area contributed by atoms with E-state index in [1.54, 1.807) is 18.2 Å². The van der Waals surface area contributed by atoms with E-state index in [4.69, 9.17) is 27.9 Å². The molecule has 0 radical (unpaired) electrons. The van der Waals surface area contributed by atoms with Crippen molar-refractivity contribution in [1.29, 1.82) is 0 Å². The van der Waals surface area contributed by atoms with Crippen molar-refractivity contribution in [3.63, 3.8) is 0 Å². The molecule has 0 fully saturated rings. The minimum absolute atomic E-state index is 0.0343. The number of ether oxygens (including phenoxy) is 1. The Morgan fingerprint density at radius 2 is 2.09 bits per heavy atom. The van der Waals surface area contributed by atoms with Crippen molar-refractivity contribution >= 4 is 39.9 Å². The van der Waals surface area contributed by atoms with Crippen LogP contribution in [-0.2, 0) is 4.79 Å². The molecular formula is C18H12Cl2O3. The maximum absolute atomic E-state index is 11.8. The van der Waals surface area contributed by atoms with E-state index in [1.165, 1.54) is 0 Å². The zero-order valence-corrected chi connectivity index (χ0v) is 13.5. The Bertz CT molecular complexity index is 914. The number of benzene rings is 2. The number of phenolic OH excluding ortho intramolecular Hbond substituents is 1. The predicted octanol–water partition coefficient (Wildman–Crippen LogP) is 5.00. The Hall–Kier alpha value is -1.97. The van der Waals surface area contributed by atoms with Crippen LogP contribution in [-0.4, -0.2) is 11.1 Å². The first-order chi connectivity index (χ1) is 11.0. The van der Waals surface area contributed by atoms with Crippen LogP contribution in [0.25, 0.3) is 10.8 Å². The maximum atomic E-state index is 11.8. The number of halogens is 2. The number of phenols is 1. The summed E-state index contributed by atoms with van der Waals surface area (Å²) in [5, 5.41) is 13.2. The molecule has 23 heavy (non-hydrogen) atoms. The van der Waals surface area contributed by atoms with Crippen LogP contribution in [0, 0.1) is 0 Å². The van der Waals surface area contributed by atoms with Gasteiger partial charge in [0.25, 0.3) is 0 Å². The number of hydrogen-bond acceptors (Lipinski definition) is 3. The summed E-state index contributed by atoms with van der Waals surface area (Å²) < 4.78 is 5.52. The second-order valence-corrected chi connectivity index (χ2v) is 6.64. The lowest BCUT2D eigenvalue weighted by Crippen LogP contribution is -2.09. The van der Waals surface area contributed by atoms with Crippen LogP contribution in [0.2, 0.25) is 5.02 Å². The van der Waals surface area contributed by atoms with Gasteiger partial charge in [-0.3, -0.25) is 0 Å². The molecule has 5 heteroatoms. The van der Waals surface area contributed by atoms with Crippen LogP contribution in [0.3, 0.4) is 0 Å². The third kappa shape index (κ3) is 2.00. The summed E-state index contributed by atoms with van der Waals surface area (Å²) >= 11 is 12.4. The van der Waals surface area contributed by atoms with Crippen LogP contribution in [0.4, 0.5) is 0 Å². The summed E-state index contributed by atoms with van der Waals surface area (Å²) in [6.45, 7) is 3.44. The molecule has 0 aliphatic heterocycles. The Morgan fingerprint density at radius 1 is 1.30 bits per heavy atom. The Labute approximate surface area is 142 Å². The van der Waals surface area contributed by atoms with Crippen molar-refractivity contribution in [2.75, 3.05) is 0 Å². The minimum atomic E-state index is -0.544. The zero-order valence-electron chi connectivity index (χ0n) is 12.0. The lowest BCUT2D eigenvalue weighted by Gasteiger charge is -2.21. The summed E-state index contributed by atoms with van der Waals surface area (Å²) in [5.41, 5.74) is 1.58. The minimum Gasteiger partial charge on any atom is -0.507 e. The van der Waals surface area contributed by atoms with E-state index in [1.807, 2.05) is 6.08 Å². The van der Waals surface area contributed by atoms with E-state index < -0.39 is 5.97 Å². The van der Waals surface area contributed by atoms with Gasteiger partial charge in [-0.15, -0.1) is 0 Å². The summed E-state index contributed by atoms with van der Waals surface area (Å²) in [6, 6.07) is 5.12. The quantitative estimate of drug-likeness (QED) is 0.473. The van der Waals surface area contributed by atoms with Gasteiger partial charge in [0.1, 0.15) is 11.5 Å². The summed E-state index contributed by atoms with van der Waals surface area (Å²) in [4.78, 5) is 11.8. The number of rotatable bonds is 2. The molecule has 0 spiro atoms. The SMILES string of the molecule is C=CC(=O)Oc1c2c(c(O)c3cc(Cl)ccc13)C1C=C(Cl)C2C1.